The quantitative estimate of drug-likeness (QED) is 0.678. The van der Waals surface area contributed by atoms with Gasteiger partial charge in [0.05, 0.1) is 6.61 Å². The molecule has 0 saturated carbocycles. The highest BCUT2D eigenvalue weighted by Gasteiger charge is 2.19. The second-order valence-corrected chi connectivity index (χ2v) is 2.98. The summed E-state index contributed by atoms with van der Waals surface area (Å²) in [6.45, 7) is 1.52. The normalized spacial score (nSPS) is 15.6. The SMILES string of the molecule is O=C(Oc1ccccc1)N1CCOC1. The number of nitrogens with zero attached hydrogens (tertiary/aromatic N) is 1. The van der Waals surface area contributed by atoms with Crippen molar-refractivity contribution in [3.63, 3.8) is 0 Å². The van der Waals surface area contributed by atoms with Crippen LogP contribution in [0.2, 0.25) is 0 Å². The van der Waals surface area contributed by atoms with Crippen molar-refractivity contribution in [1.29, 1.82) is 0 Å². The van der Waals surface area contributed by atoms with Crippen molar-refractivity contribution in [2.75, 3.05) is 19.9 Å². The standard InChI is InChI=1S/C10H11NO3/c12-10(11-6-7-13-8-11)14-9-4-2-1-3-5-9/h1-5H,6-8H2. The molecule has 0 aliphatic carbocycles. The van der Waals surface area contributed by atoms with E-state index in [1.807, 2.05) is 18.2 Å². The minimum Gasteiger partial charge on any atom is -0.410 e. The molecule has 1 aliphatic heterocycles. The fourth-order valence-electron chi connectivity index (χ4n) is 1.21. The molecule has 1 amide bonds. The average Bonchev–Trinajstić information content (AvgIpc) is 2.72. The lowest BCUT2D eigenvalue weighted by Gasteiger charge is -2.12. The first kappa shape index (κ1) is 9.02. The van der Waals surface area contributed by atoms with Gasteiger partial charge >= 0.3 is 6.09 Å². The predicted molar refractivity (Wildman–Crippen MR) is 50.0 cm³/mol. The van der Waals surface area contributed by atoms with Gasteiger partial charge in [0.15, 0.2) is 0 Å². The van der Waals surface area contributed by atoms with Gasteiger partial charge in [0.25, 0.3) is 0 Å². The Kier molecular flexibility index (Phi) is 2.65. The van der Waals surface area contributed by atoms with Gasteiger partial charge in [-0.05, 0) is 12.1 Å². The molecule has 0 atom stereocenters. The number of hydrogen-bond acceptors (Lipinski definition) is 3. The number of ether oxygens (including phenoxy) is 2. The fraction of sp³-hybridized carbons (Fsp3) is 0.300. The molecular formula is C10H11NO3. The second-order valence-electron chi connectivity index (χ2n) is 2.98. The molecule has 2 rings (SSSR count). The van der Waals surface area contributed by atoms with Gasteiger partial charge in [-0.15, -0.1) is 0 Å². The molecule has 1 saturated heterocycles. The van der Waals surface area contributed by atoms with Crippen molar-refractivity contribution in [3.05, 3.63) is 30.3 Å². The molecule has 0 spiro atoms. The second kappa shape index (κ2) is 4.11. The molecule has 1 heterocycles. The minimum absolute atomic E-state index is 0.325. The summed E-state index contributed by atoms with van der Waals surface area (Å²) in [5, 5.41) is 0. The van der Waals surface area contributed by atoms with E-state index in [-0.39, 0.29) is 6.09 Å². The first-order valence-electron chi connectivity index (χ1n) is 4.46. The summed E-state index contributed by atoms with van der Waals surface area (Å²) < 4.78 is 10.1. The molecule has 4 heteroatoms. The summed E-state index contributed by atoms with van der Waals surface area (Å²) in [5.74, 6) is 0.560. The third-order valence-corrected chi connectivity index (χ3v) is 1.96. The number of carbonyl (C=O) groups excluding carboxylic acids is 1. The van der Waals surface area contributed by atoms with Crippen LogP contribution in [0.25, 0.3) is 0 Å². The lowest BCUT2D eigenvalue weighted by atomic mass is 10.3. The Bertz CT molecular complexity index is 306. The van der Waals surface area contributed by atoms with Gasteiger partial charge in [-0.25, -0.2) is 4.79 Å². The van der Waals surface area contributed by atoms with Gasteiger partial charge in [-0.2, -0.15) is 0 Å². The Morgan fingerprint density at radius 3 is 2.79 bits per heavy atom. The summed E-state index contributed by atoms with van der Waals surface area (Å²) in [4.78, 5) is 13.0. The Morgan fingerprint density at radius 2 is 2.14 bits per heavy atom. The van der Waals surface area contributed by atoms with Crippen LogP contribution in [0.5, 0.6) is 5.75 Å². The maximum Gasteiger partial charge on any atom is 0.417 e. The number of carbonyl (C=O) groups is 1. The van der Waals surface area contributed by atoms with E-state index in [4.69, 9.17) is 9.47 Å². The molecule has 0 aromatic heterocycles. The van der Waals surface area contributed by atoms with Crippen LogP contribution >= 0.6 is 0 Å². The van der Waals surface area contributed by atoms with E-state index < -0.39 is 0 Å². The predicted octanol–water partition coefficient (Wildman–Crippen LogP) is 1.48. The van der Waals surface area contributed by atoms with Gasteiger partial charge in [0.1, 0.15) is 12.5 Å². The zero-order valence-electron chi connectivity index (χ0n) is 7.68. The number of amides is 1. The monoisotopic (exact) mass is 193 g/mol. The Labute approximate surface area is 82.0 Å². The van der Waals surface area contributed by atoms with Crippen molar-refractivity contribution in [2.24, 2.45) is 0 Å². The van der Waals surface area contributed by atoms with Crippen LogP contribution < -0.4 is 4.74 Å². The van der Waals surface area contributed by atoms with E-state index in [9.17, 15) is 4.79 Å². The van der Waals surface area contributed by atoms with Crippen LogP contribution in [0.15, 0.2) is 30.3 Å². The third-order valence-electron chi connectivity index (χ3n) is 1.96. The van der Waals surface area contributed by atoms with Crippen LogP contribution in [-0.4, -0.2) is 30.9 Å². The van der Waals surface area contributed by atoms with Gasteiger partial charge in [-0.1, -0.05) is 18.2 Å². The zero-order chi connectivity index (χ0) is 9.80. The third kappa shape index (κ3) is 2.03. The molecule has 1 aromatic carbocycles. The van der Waals surface area contributed by atoms with E-state index >= 15 is 0 Å². The number of hydrogen-bond donors (Lipinski definition) is 0. The first-order valence-corrected chi connectivity index (χ1v) is 4.46. The summed E-state index contributed by atoms with van der Waals surface area (Å²) >= 11 is 0. The van der Waals surface area contributed by atoms with Crippen LogP contribution in [-0.2, 0) is 4.74 Å². The number of rotatable bonds is 1. The van der Waals surface area contributed by atoms with E-state index in [0.717, 1.165) is 0 Å². The van der Waals surface area contributed by atoms with Crippen molar-refractivity contribution < 1.29 is 14.3 Å². The number of para-hydroxylation sites is 1. The van der Waals surface area contributed by atoms with E-state index in [1.54, 1.807) is 12.1 Å². The molecular weight excluding hydrogens is 182 g/mol. The Hall–Kier alpha value is -1.55. The molecule has 4 nitrogen and oxygen atoms in total. The van der Waals surface area contributed by atoms with Gasteiger partial charge < -0.3 is 9.47 Å². The van der Waals surface area contributed by atoms with Crippen LogP contribution in [0.4, 0.5) is 4.79 Å². The summed E-state index contributed by atoms with van der Waals surface area (Å²) in [7, 11) is 0. The van der Waals surface area contributed by atoms with E-state index in [0.29, 0.717) is 25.6 Å². The Morgan fingerprint density at radius 1 is 1.36 bits per heavy atom. The van der Waals surface area contributed by atoms with E-state index in [1.165, 1.54) is 4.90 Å². The fourth-order valence-corrected chi connectivity index (χ4v) is 1.21. The maximum atomic E-state index is 11.4. The summed E-state index contributed by atoms with van der Waals surface area (Å²) in [6, 6.07) is 9.01. The molecule has 74 valence electrons. The van der Waals surface area contributed by atoms with Crippen LogP contribution in [0.3, 0.4) is 0 Å². The largest absolute Gasteiger partial charge is 0.417 e. The van der Waals surface area contributed by atoms with Crippen LogP contribution in [0.1, 0.15) is 0 Å². The zero-order valence-corrected chi connectivity index (χ0v) is 7.68. The maximum absolute atomic E-state index is 11.4. The molecule has 1 fully saturated rings. The lowest BCUT2D eigenvalue weighted by molar-refractivity contribution is 0.120. The molecule has 0 radical (unpaired) electrons. The van der Waals surface area contributed by atoms with Gasteiger partial charge in [-0.3, -0.25) is 4.90 Å². The smallest absolute Gasteiger partial charge is 0.410 e. The number of benzene rings is 1. The molecule has 0 bridgehead atoms. The summed E-state index contributed by atoms with van der Waals surface area (Å²) in [6.07, 6.45) is -0.353. The van der Waals surface area contributed by atoms with E-state index in [2.05, 4.69) is 0 Å². The topological polar surface area (TPSA) is 38.8 Å². The van der Waals surface area contributed by atoms with Crippen molar-refractivity contribution in [1.82, 2.24) is 4.90 Å². The van der Waals surface area contributed by atoms with Gasteiger partial charge in [0.2, 0.25) is 0 Å². The highest BCUT2D eigenvalue weighted by molar-refractivity contribution is 5.70. The molecule has 1 aromatic rings. The molecule has 1 aliphatic rings. The van der Waals surface area contributed by atoms with Crippen molar-refractivity contribution in [3.8, 4) is 5.75 Å². The minimum atomic E-state index is -0.353. The summed E-state index contributed by atoms with van der Waals surface area (Å²) in [5.41, 5.74) is 0. The average molecular weight is 193 g/mol. The molecule has 14 heavy (non-hydrogen) atoms. The first-order chi connectivity index (χ1) is 6.86. The Balaban J connectivity index is 1.94. The molecule has 0 N–H and O–H groups in total. The lowest BCUT2D eigenvalue weighted by Crippen LogP contribution is -2.30. The molecule has 0 unspecified atom stereocenters. The highest BCUT2D eigenvalue weighted by Crippen LogP contribution is 2.11. The van der Waals surface area contributed by atoms with Crippen molar-refractivity contribution in [2.45, 2.75) is 0 Å². The van der Waals surface area contributed by atoms with Crippen LogP contribution in [0, 0.1) is 0 Å². The van der Waals surface area contributed by atoms with Crippen molar-refractivity contribution >= 4 is 6.09 Å². The van der Waals surface area contributed by atoms with Gasteiger partial charge in [0, 0.05) is 6.54 Å². The highest BCUT2D eigenvalue weighted by atomic mass is 16.6.